The van der Waals surface area contributed by atoms with E-state index in [2.05, 4.69) is 5.32 Å². The van der Waals surface area contributed by atoms with Crippen molar-refractivity contribution < 1.29 is 31.2 Å². The normalized spacial score (nSPS) is 12.4. The molecule has 0 aliphatic carbocycles. The number of carbonyl (C=O) groups excluding carboxylic acids is 2. The Morgan fingerprint density at radius 2 is 1.56 bits per heavy atom. The molecule has 1 amide bonds. The molecule has 0 saturated carbocycles. The molecule has 36 heavy (non-hydrogen) atoms. The Morgan fingerprint density at radius 1 is 0.972 bits per heavy atom. The standard InChI is InChI=1S/C26H27F3N2O4S/c1-16-20(24(33)30-17-10-12-18(13-11-17)36(5,34)35)14-31(15-22(32)25(2,3)4)23(16)19-8-6-7-9-21(19)26(27,28)29/h6-14H,15H2,1-5H3,(H,30,33). The molecule has 0 saturated heterocycles. The van der Waals surface area contributed by atoms with Gasteiger partial charge in [0.15, 0.2) is 15.6 Å². The molecule has 0 fully saturated rings. The topological polar surface area (TPSA) is 85.2 Å². The minimum atomic E-state index is -4.64. The van der Waals surface area contributed by atoms with Crippen LogP contribution in [0.5, 0.6) is 0 Å². The fourth-order valence-corrected chi connectivity index (χ4v) is 4.31. The Labute approximate surface area is 208 Å². The Morgan fingerprint density at radius 3 is 2.08 bits per heavy atom. The van der Waals surface area contributed by atoms with Gasteiger partial charge < -0.3 is 9.88 Å². The van der Waals surface area contributed by atoms with Gasteiger partial charge in [-0.25, -0.2) is 8.42 Å². The number of alkyl halides is 3. The summed E-state index contributed by atoms with van der Waals surface area (Å²) in [6.45, 7) is 6.44. The Hall–Kier alpha value is -3.40. The van der Waals surface area contributed by atoms with Gasteiger partial charge >= 0.3 is 6.18 Å². The van der Waals surface area contributed by atoms with Gasteiger partial charge in [0, 0.05) is 29.1 Å². The van der Waals surface area contributed by atoms with Crippen molar-refractivity contribution in [3.8, 4) is 11.3 Å². The summed E-state index contributed by atoms with van der Waals surface area (Å²) in [7, 11) is -3.42. The van der Waals surface area contributed by atoms with Gasteiger partial charge in [-0.2, -0.15) is 13.2 Å². The molecule has 0 bridgehead atoms. The minimum absolute atomic E-state index is 0.0783. The molecule has 0 aliphatic rings. The maximum Gasteiger partial charge on any atom is 0.417 e. The molecule has 1 aromatic heterocycles. The number of Topliss-reactive ketones (excluding diaryl/α,β-unsaturated/α-hetero) is 1. The van der Waals surface area contributed by atoms with E-state index in [1.54, 1.807) is 20.8 Å². The predicted octanol–water partition coefficient (Wildman–Crippen LogP) is 5.75. The van der Waals surface area contributed by atoms with Crippen LogP contribution in [0.25, 0.3) is 11.3 Å². The van der Waals surface area contributed by atoms with Crippen molar-refractivity contribution in [2.45, 2.75) is 45.3 Å². The summed E-state index contributed by atoms with van der Waals surface area (Å²) in [4.78, 5) is 26.0. The van der Waals surface area contributed by atoms with E-state index < -0.39 is 32.9 Å². The van der Waals surface area contributed by atoms with Gasteiger partial charge in [0.2, 0.25) is 0 Å². The summed E-state index contributed by atoms with van der Waals surface area (Å²) in [5, 5.41) is 2.64. The van der Waals surface area contributed by atoms with Crippen LogP contribution in [0.2, 0.25) is 0 Å². The zero-order chi connectivity index (χ0) is 27.1. The van der Waals surface area contributed by atoms with Crippen LogP contribution in [0.1, 0.15) is 42.3 Å². The number of ketones is 1. The largest absolute Gasteiger partial charge is 0.417 e. The average Bonchev–Trinajstić information content (AvgIpc) is 3.08. The van der Waals surface area contributed by atoms with E-state index in [0.717, 1.165) is 12.3 Å². The second-order valence-electron chi connectivity index (χ2n) is 9.61. The lowest BCUT2D eigenvalue weighted by Gasteiger charge is -2.20. The van der Waals surface area contributed by atoms with Crippen LogP contribution in [-0.4, -0.2) is 30.9 Å². The summed E-state index contributed by atoms with van der Waals surface area (Å²) in [6, 6.07) is 10.5. The number of anilines is 1. The molecule has 6 nitrogen and oxygen atoms in total. The Kier molecular flexibility index (Phi) is 7.23. The van der Waals surface area contributed by atoms with E-state index in [4.69, 9.17) is 0 Å². The van der Waals surface area contributed by atoms with Gasteiger partial charge in [-0.1, -0.05) is 39.0 Å². The van der Waals surface area contributed by atoms with Gasteiger partial charge in [0.1, 0.15) is 0 Å². The Balaban J connectivity index is 2.10. The van der Waals surface area contributed by atoms with Crippen LogP contribution < -0.4 is 5.32 Å². The van der Waals surface area contributed by atoms with E-state index in [1.807, 2.05) is 0 Å². The van der Waals surface area contributed by atoms with E-state index in [9.17, 15) is 31.2 Å². The minimum Gasteiger partial charge on any atom is -0.339 e. The van der Waals surface area contributed by atoms with Crippen molar-refractivity contribution in [1.82, 2.24) is 4.57 Å². The summed E-state index contributed by atoms with van der Waals surface area (Å²) >= 11 is 0. The van der Waals surface area contributed by atoms with Gasteiger partial charge in [0.05, 0.1) is 28.3 Å². The SMILES string of the molecule is Cc1c(C(=O)Nc2ccc(S(C)(=O)=O)cc2)cn(CC(=O)C(C)(C)C)c1-c1ccccc1C(F)(F)F. The zero-order valence-electron chi connectivity index (χ0n) is 20.5. The first-order valence-corrected chi connectivity index (χ1v) is 12.9. The van der Waals surface area contributed by atoms with Crippen LogP contribution in [0.4, 0.5) is 18.9 Å². The van der Waals surface area contributed by atoms with Crippen molar-refractivity contribution in [2.75, 3.05) is 11.6 Å². The number of nitrogens with one attached hydrogen (secondary N) is 1. The van der Waals surface area contributed by atoms with Crippen LogP contribution in [0.15, 0.2) is 59.6 Å². The summed E-state index contributed by atoms with van der Waals surface area (Å²) in [5.74, 6) is -0.820. The number of carbonyl (C=O) groups is 2. The van der Waals surface area contributed by atoms with Gasteiger partial charge in [-0.15, -0.1) is 0 Å². The molecule has 0 atom stereocenters. The van der Waals surface area contributed by atoms with Crippen molar-refractivity contribution in [3.63, 3.8) is 0 Å². The van der Waals surface area contributed by atoms with Crippen molar-refractivity contribution in [1.29, 1.82) is 0 Å². The van der Waals surface area contributed by atoms with Crippen LogP contribution in [-0.2, 0) is 27.4 Å². The molecule has 0 aliphatic heterocycles. The fourth-order valence-electron chi connectivity index (χ4n) is 3.68. The maximum atomic E-state index is 13.8. The molecule has 0 radical (unpaired) electrons. The summed E-state index contributed by atoms with van der Waals surface area (Å²) < 4.78 is 66.2. The van der Waals surface area contributed by atoms with Gasteiger partial charge in [-0.05, 0) is 42.8 Å². The smallest absolute Gasteiger partial charge is 0.339 e. The molecular weight excluding hydrogens is 493 g/mol. The molecule has 192 valence electrons. The number of nitrogens with zero attached hydrogens (tertiary/aromatic N) is 1. The molecule has 0 spiro atoms. The molecule has 3 rings (SSSR count). The third-order valence-corrected chi connectivity index (χ3v) is 6.88. The second kappa shape index (κ2) is 9.57. The second-order valence-corrected chi connectivity index (χ2v) is 11.6. The highest BCUT2D eigenvalue weighted by Gasteiger charge is 2.35. The molecule has 1 N–H and O–H groups in total. The molecule has 10 heteroatoms. The number of hydrogen-bond acceptors (Lipinski definition) is 4. The lowest BCUT2D eigenvalue weighted by molar-refractivity contribution is -0.137. The van der Waals surface area contributed by atoms with E-state index in [0.29, 0.717) is 5.69 Å². The average molecular weight is 521 g/mol. The van der Waals surface area contributed by atoms with Gasteiger partial charge in [0.25, 0.3) is 5.91 Å². The first-order valence-electron chi connectivity index (χ1n) is 11.0. The summed E-state index contributed by atoms with van der Waals surface area (Å²) in [5.41, 5.74) is -0.960. The summed E-state index contributed by atoms with van der Waals surface area (Å²) in [6.07, 6.45) is -2.20. The predicted molar refractivity (Wildman–Crippen MR) is 132 cm³/mol. The number of rotatable bonds is 6. The highest BCUT2D eigenvalue weighted by molar-refractivity contribution is 7.90. The van der Waals surface area contributed by atoms with Crippen LogP contribution in [0.3, 0.4) is 0 Å². The monoisotopic (exact) mass is 520 g/mol. The molecule has 1 heterocycles. The van der Waals surface area contributed by atoms with Crippen molar-refractivity contribution in [3.05, 3.63) is 71.4 Å². The highest BCUT2D eigenvalue weighted by Crippen LogP contribution is 2.39. The highest BCUT2D eigenvalue weighted by atomic mass is 32.2. The third-order valence-electron chi connectivity index (χ3n) is 5.75. The fraction of sp³-hybridized carbons (Fsp3) is 0.308. The third kappa shape index (κ3) is 5.87. The van der Waals surface area contributed by atoms with E-state index in [1.165, 1.54) is 60.2 Å². The lowest BCUT2D eigenvalue weighted by atomic mass is 9.90. The lowest BCUT2D eigenvalue weighted by Crippen LogP contribution is -2.25. The van der Waals surface area contributed by atoms with Crippen LogP contribution in [0, 0.1) is 12.3 Å². The van der Waals surface area contributed by atoms with Crippen molar-refractivity contribution >= 4 is 27.2 Å². The van der Waals surface area contributed by atoms with Crippen LogP contribution >= 0.6 is 0 Å². The first-order chi connectivity index (χ1) is 16.5. The van der Waals surface area contributed by atoms with Gasteiger partial charge in [-0.3, -0.25) is 9.59 Å². The molecule has 3 aromatic rings. The number of aromatic nitrogens is 1. The number of benzene rings is 2. The zero-order valence-corrected chi connectivity index (χ0v) is 21.3. The van der Waals surface area contributed by atoms with E-state index >= 15 is 0 Å². The first kappa shape index (κ1) is 27.2. The molecular formula is C26H27F3N2O4S. The molecule has 0 unspecified atom stereocenters. The quantitative estimate of drug-likeness (QED) is 0.448. The Bertz CT molecular complexity index is 1410. The maximum absolute atomic E-state index is 13.8. The van der Waals surface area contributed by atoms with E-state index in [-0.39, 0.29) is 39.6 Å². The number of hydrogen-bond donors (Lipinski definition) is 1. The number of sulfone groups is 1. The van der Waals surface area contributed by atoms with Crippen molar-refractivity contribution in [2.24, 2.45) is 5.41 Å². The molecule has 2 aromatic carbocycles. The number of halogens is 3. The number of amides is 1.